The molecule has 0 N–H and O–H groups in total. The predicted molar refractivity (Wildman–Crippen MR) is 145 cm³/mol. The van der Waals surface area contributed by atoms with Crippen LogP contribution in [0.15, 0.2) is 97.1 Å². The molecule has 4 heteroatoms. The van der Waals surface area contributed by atoms with E-state index in [9.17, 15) is 0 Å². The van der Waals surface area contributed by atoms with Crippen LogP contribution in [0, 0.1) is 0 Å². The van der Waals surface area contributed by atoms with Gasteiger partial charge in [-0.05, 0) is 30.1 Å². The van der Waals surface area contributed by atoms with Gasteiger partial charge in [0.15, 0.2) is 0 Å². The fourth-order valence-electron chi connectivity index (χ4n) is 5.13. The van der Waals surface area contributed by atoms with Crippen molar-refractivity contribution >= 4 is 47.4 Å². The molecule has 4 aromatic rings. The summed E-state index contributed by atoms with van der Waals surface area (Å²) in [4.78, 5) is 2.23. The maximum Gasteiger partial charge on any atom is 0.218 e. The van der Waals surface area contributed by atoms with Gasteiger partial charge in [-0.3, -0.25) is 0 Å². The van der Waals surface area contributed by atoms with Crippen LogP contribution in [0.1, 0.15) is 6.92 Å². The molecule has 32 heavy (non-hydrogen) atoms. The first kappa shape index (κ1) is 22.5. The molecule has 0 spiro atoms. The minimum atomic E-state index is -2.49. The Bertz CT molecular complexity index is 1150. The van der Waals surface area contributed by atoms with Gasteiger partial charge in [-0.15, -0.1) is 0 Å². The van der Waals surface area contributed by atoms with Gasteiger partial charge < -0.3 is 9.33 Å². The van der Waals surface area contributed by atoms with Crippen molar-refractivity contribution in [3.05, 3.63) is 97.1 Å². The van der Waals surface area contributed by atoms with E-state index in [0.717, 1.165) is 0 Å². The van der Waals surface area contributed by atoms with Crippen LogP contribution in [-0.4, -0.2) is 36.1 Å². The highest BCUT2D eigenvalue weighted by Crippen LogP contribution is 2.30. The van der Waals surface area contributed by atoms with E-state index >= 15 is 0 Å². The second-order valence-corrected chi connectivity index (χ2v) is 21.1. The third-order valence-corrected chi connectivity index (χ3v) is 22.9. The average molecular weight is 456 g/mol. The van der Waals surface area contributed by atoms with Crippen LogP contribution in [0.2, 0.25) is 13.1 Å². The topological polar surface area (TPSA) is 12.5 Å². The van der Waals surface area contributed by atoms with E-state index in [0.29, 0.717) is 6.61 Å². The Morgan fingerprint density at radius 1 is 0.688 bits per heavy atom. The first-order chi connectivity index (χ1) is 15.4. The third-order valence-electron chi connectivity index (χ3n) is 6.97. The molecule has 0 saturated heterocycles. The molecule has 1 atom stereocenters. The Kier molecular flexibility index (Phi) is 6.38. The summed E-state index contributed by atoms with van der Waals surface area (Å²) in [5.41, 5.74) is 1.26. The zero-order chi connectivity index (χ0) is 22.8. The Hall–Kier alpha value is -2.67. The molecule has 0 aliphatic rings. The molecular weight excluding hydrogens is 422 g/mol. The van der Waals surface area contributed by atoms with Crippen molar-refractivity contribution in [1.82, 2.24) is 0 Å². The first-order valence-electron chi connectivity index (χ1n) is 11.4. The van der Waals surface area contributed by atoms with Crippen molar-refractivity contribution in [2.24, 2.45) is 0 Å². The zero-order valence-electron chi connectivity index (χ0n) is 19.8. The van der Waals surface area contributed by atoms with Crippen molar-refractivity contribution in [3.8, 4) is 0 Å². The van der Waals surface area contributed by atoms with Gasteiger partial charge in [-0.2, -0.15) is 0 Å². The van der Waals surface area contributed by atoms with Gasteiger partial charge in [0.2, 0.25) is 7.83 Å². The highest BCUT2D eigenvalue weighted by molar-refractivity contribution is 7.53. The van der Waals surface area contributed by atoms with Crippen LogP contribution in [0.4, 0.5) is 5.69 Å². The van der Waals surface area contributed by atoms with Gasteiger partial charge in [0.1, 0.15) is 7.59 Å². The lowest BCUT2D eigenvalue weighted by Gasteiger charge is -2.44. The number of benzene rings is 4. The minimum absolute atomic E-state index is 0.714. The average Bonchev–Trinajstić information content (AvgIpc) is 2.83. The maximum atomic E-state index is 7.01. The second kappa shape index (κ2) is 9.06. The largest absolute Gasteiger partial charge is 0.415 e. The van der Waals surface area contributed by atoms with Crippen molar-refractivity contribution in [2.45, 2.75) is 20.0 Å². The lowest BCUT2D eigenvalue weighted by Crippen LogP contribution is -2.79. The fourth-order valence-corrected chi connectivity index (χ4v) is 18.9. The van der Waals surface area contributed by atoms with E-state index in [2.05, 4.69) is 136 Å². The Balaban J connectivity index is 2.12. The molecule has 4 rings (SSSR count). The SMILES string of the molecule is CCO[Si@@](C)(c1cccc2cccc(N(C)C)c12)[Si](C)(c1ccccc1)c1ccccc1. The number of nitrogens with zero attached hydrogens (tertiary/aromatic N) is 1. The van der Waals surface area contributed by atoms with Gasteiger partial charge in [0.25, 0.3) is 0 Å². The Labute approximate surface area is 194 Å². The van der Waals surface area contributed by atoms with Crippen LogP contribution in [0.3, 0.4) is 0 Å². The van der Waals surface area contributed by atoms with E-state index in [-0.39, 0.29) is 0 Å². The van der Waals surface area contributed by atoms with Crippen LogP contribution in [0.5, 0.6) is 0 Å². The van der Waals surface area contributed by atoms with Gasteiger partial charge >= 0.3 is 0 Å². The molecule has 164 valence electrons. The molecule has 0 aliphatic carbocycles. The standard InChI is InChI=1S/C28H33NOSi2/c1-6-30-32(5,27-22-14-16-23-15-13-21-26(28(23)27)29(2)3)31(4,24-17-9-7-10-18-24)25-19-11-8-12-20-25/h7-22H,6H2,1-5H3/t32-/m1/s1. The number of anilines is 1. The van der Waals surface area contributed by atoms with Crippen molar-refractivity contribution < 1.29 is 4.43 Å². The summed E-state index contributed by atoms with van der Waals surface area (Å²) in [5.74, 6) is 0. The van der Waals surface area contributed by atoms with Gasteiger partial charge in [0.05, 0.1) is 0 Å². The number of fused-ring (bicyclic) bond motifs is 1. The molecule has 4 aromatic carbocycles. The molecule has 2 nitrogen and oxygen atoms in total. The molecule has 0 amide bonds. The zero-order valence-corrected chi connectivity index (χ0v) is 21.8. The summed E-state index contributed by atoms with van der Waals surface area (Å²) in [6.07, 6.45) is 0. The summed E-state index contributed by atoms with van der Waals surface area (Å²) in [6.45, 7) is 7.85. The van der Waals surface area contributed by atoms with Crippen LogP contribution >= 0.6 is 0 Å². The smallest absolute Gasteiger partial charge is 0.218 e. The lowest BCUT2D eigenvalue weighted by atomic mass is 10.1. The van der Waals surface area contributed by atoms with Gasteiger partial charge in [0, 0.05) is 31.8 Å². The summed E-state index contributed by atoms with van der Waals surface area (Å²) >= 11 is 0. The Morgan fingerprint density at radius 3 is 1.72 bits per heavy atom. The molecule has 0 unspecified atom stereocenters. The normalized spacial score (nSPS) is 13.7. The highest BCUT2D eigenvalue weighted by atomic mass is 29.3. The molecule has 0 saturated carbocycles. The molecular formula is C28H33NOSi2. The van der Waals surface area contributed by atoms with E-state index in [1.54, 1.807) is 0 Å². The van der Waals surface area contributed by atoms with Crippen molar-refractivity contribution in [1.29, 1.82) is 0 Å². The van der Waals surface area contributed by atoms with Gasteiger partial charge in [-0.1, -0.05) is 108 Å². The molecule has 0 radical (unpaired) electrons. The first-order valence-corrected chi connectivity index (χ1v) is 17.3. The monoisotopic (exact) mass is 455 g/mol. The second-order valence-electron chi connectivity index (χ2n) is 8.90. The summed E-state index contributed by atoms with van der Waals surface area (Å²) in [7, 11) is -0.514. The fraction of sp³-hybridized carbons (Fsp3) is 0.214. The van der Waals surface area contributed by atoms with E-state index in [4.69, 9.17) is 4.43 Å². The Morgan fingerprint density at radius 2 is 1.22 bits per heavy atom. The van der Waals surface area contributed by atoms with Crippen molar-refractivity contribution in [3.63, 3.8) is 0 Å². The highest BCUT2D eigenvalue weighted by Gasteiger charge is 2.54. The third kappa shape index (κ3) is 3.62. The van der Waals surface area contributed by atoms with Crippen LogP contribution in [0.25, 0.3) is 10.8 Å². The van der Waals surface area contributed by atoms with Crippen molar-refractivity contribution in [2.75, 3.05) is 25.6 Å². The van der Waals surface area contributed by atoms with Crippen LogP contribution < -0.4 is 20.5 Å². The summed E-state index contributed by atoms with van der Waals surface area (Å²) in [5, 5.41) is 6.90. The molecule has 0 aliphatic heterocycles. The van der Waals surface area contributed by atoms with E-state index in [1.807, 2.05) is 0 Å². The van der Waals surface area contributed by atoms with Crippen LogP contribution in [-0.2, 0) is 4.43 Å². The maximum absolute atomic E-state index is 7.01. The van der Waals surface area contributed by atoms with E-state index < -0.39 is 15.4 Å². The summed E-state index contributed by atoms with van der Waals surface area (Å²) < 4.78 is 7.01. The number of hydrogen-bond donors (Lipinski definition) is 0. The predicted octanol–water partition coefficient (Wildman–Crippen LogP) is 4.70. The molecule has 0 fully saturated rings. The molecule has 0 bridgehead atoms. The number of rotatable bonds is 7. The molecule has 0 heterocycles. The van der Waals surface area contributed by atoms with E-state index in [1.165, 1.54) is 32.0 Å². The van der Waals surface area contributed by atoms with Gasteiger partial charge in [-0.25, -0.2) is 0 Å². The quantitative estimate of drug-likeness (QED) is 0.375. The summed E-state index contributed by atoms with van der Waals surface area (Å²) in [6, 6.07) is 35.6. The number of hydrogen-bond acceptors (Lipinski definition) is 2. The molecule has 0 aromatic heterocycles. The lowest BCUT2D eigenvalue weighted by molar-refractivity contribution is 0.346. The minimum Gasteiger partial charge on any atom is -0.415 e.